The molecule has 0 saturated heterocycles. The second kappa shape index (κ2) is 5.05. The summed E-state index contributed by atoms with van der Waals surface area (Å²) in [5, 5.41) is 12.5. The van der Waals surface area contributed by atoms with Gasteiger partial charge in [-0.25, -0.2) is 0 Å². The highest BCUT2D eigenvalue weighted by Crippen LogP contribution is 2.25. The Balaban J connectivity index is 3.05. The van der Waals surface area contributed by atoms with Crippen LogP contribution in [-0.4, -0.2) is 23.2 Å². The lowest BCUT2D eigenvalue weighted by atomic mass is 9.99. The van der Waals surface area contributed by atoms with E-state index < -0.39 is 11.4 Å². The van der Waals surface area contributed by atoms with E-state index in [2.05, 4.69) is 5.32 Å². The predicted octanol–water partition coefficient (Wildman–Crippen LogP) is 0.941. The van der Waals surface area contributed by atoms with Gasteiger partial charge < -0.3 is 21.9 Å². The quantitative estimate of drug-likeness (QED) is 0.572. The normalized spacial score (nSPS) is 14.1. The van der Waals surface area contributed by atoms with E-state index in [4.69, 9.17) is 11.5 Å². The van der Waals surface area contributed by atoms with E-state index in [0.29, 0.717) is 16.9 Å². The van der Waals surface area contributed by atoms with Crippen molar-refractivity contribution in [3.05, 3.63) is 23.8 Å². The lowest BCUT2D eigenvalue weighted by Gasteiger charge is -2.29. The Morgan fingerprint density at radius 3 is 2.65 bits per heavy atom. The molecule has 6 N–H and O–H groups in total. The summed E-state index contributed by atoms with van der Waals surface area (Å²) >= 11 is 0. The number of anilines is 2. The summed E-state index contributed by atoms with van der Waals surface area (Å²) in [6.45, 7) is 3.81. The van der Waals surface area contributed by atoms with Gasteiger partial charge in [0.25, 0.3) is 0 Å². The Morgan fingerprint density at radius 1 is 1.53 bits per heavy atom. The van der Waals surface area contributed by atoms with Crippen molar-refractivity contribution in [2.45, 2.75) is 25.8 Å². The molecular weight excluding hydrogens is 218 g/mol. The van der Waals surface area contributed by atoms with Gasteiger partial charge in [0.1, 0.15) is 0 Å². The van der Waals surface area contributed by atoms with Gasteiger partial charge >= 0.3 is 0 Å². The molecule has 0 aromatic heterocycles. The van der Waals surface area contributed by atoms with Crippen molar-refractivity contribution in [2.24, 2.45) is 5.73 Å². The van der Waals surface area contributed by atoms with Gasteiger partial charge in [-0.2, -0.15) is 0 Å². The molecule has 0 saturated carbocycles. The van der Waals surface area contributed by atoms with Crippen molar-refractivity contribution in [3.63, 3.8) is 0 Å². The van der Waals surface area contributed by atoms with Gasteiger partial charge in [0.15, 0.2) is 0 Å². The number of aliphatic hydroxyl groups excluding tert-OH is 1. The maximum absolute atomic E-state index is 11.1. The highest BCUT2D eigenvalue weighted by atomic mass is 16.3. The number of nitrogens with two attached hydrogens (primary N) is 2. The van der Waals surface area contributed by atoms with Crippen LogP contribution in [0.4, 0.5) is 11.4 Å². The Kier molecular flexibility index (Phi) is 3.96. The number of nitrogen functional groups attached to an aromatic ring is 1. The third-order valence-electron chi connectivity index (χ3n) is 2.90. The molecule has 0 radical (unpaired) electrons. The van der Waals surface area contributed by atoms with Crippen molar-refractivity contribution < 1.29 is 9.90 Å². The molecule has 0 aliphatic carbocycles. The van der Waals surface area contributed by atoms with Crippen LogP contribution in [0, 0.1) is 0 Å². The topological polar surface area (TPSA) is 101 Å². The standard InChI is InChI=1S/C12H19N3O2/c1-3-12(2,7-16)15-10-6-8(11(14)17)4-5-9(10)13/h4-6,15-16H,3,7,13H2,1-2H3,(H2,14,17). The number of amides is 1. The molecule has 1 aromatic rings. The Morgan fingerprint density at radius 2 is 2.18 bits per heavy atom. The molecule has 0 aliphatic heterocycles. The minimum Gasteiger partial charge on any atom is -0.397 e. The zero-order valence-corrected chi connectivity index (χ0v) is 10.2. The first kappa shape index (κ1) is 13.3. The largest absolute Gasteiger partial charge is 0.397 e. The van der Waals surface area contributed by atoms with Gasteiger partial charge in [0.05, 0.1) is 23.5 Å². The molecule has 1 rings (SSSR count). The SMILES string of the molecule is CCC(C)(CO)Nc1cc(C(N)=O)ccc1N. The monoisotopic (exact) mass is 237 g/mol. The molecule has 0 bridgehead atoms. The number of rotatable bonds is 5. The third-order valence-corrected chi connectivity index (χ3v) is 2.90. The van der Waals surface area contributed by atoms with Crippen LogP contribution < -0.4 is 16.8 Å². The number of primary amides is 1. The van der Waals surface area contributed by atoms with Crippen LogP contribution in [0.3, 0.4) is 0 Å². The van der Waals surface area contributed by atoms with Gasteiger partial charge in [0, 0.05) is 5.56 Å². The van der Waals surface area contributed by atoms with E-state index in [1.165, 1.54) is 0 Å². The minimum absolute atomic E-state index is 0.0241. The van der Waals surface area contributed by atoms with Crippen molar-refractivity contribution >= 4 is 17.3 Å². The molecule has 5 heteroatoms. The molecule has 1 atom stereocenters. The summed E-state index contributed by atoms with van der Waals surface area (Å²) in [5.41, 5.74) is 12.1. The summed E-state index contributed by atoms with van der Waals surface area (Å²) in [6, 6.07) is 4.79. The second-order valence-electron chi connectivity index (χ2n) is 4.36. The zero-order chi connectivity index (χ0) is 13.1. The van der Waals surface area contributed by atoms with Crippen molar-refractivity contribution in [2.75, 3.05) is 17.7 Å². The molecule has 1 unspecified atom stereocenters. The van der Waals surface area contributed by atoms with Gasteiger partial charge in [-0.05, 0) is 31.5 Å². The fraction of sp³-hybridized carbons (Fsp3) is 0.417. The summed E-state index contributed by atoms with van der Waals surface area (Å²) in [5.74, 6) is -0.504. The number of aliphatic hydroxyl groups is 1. The van der Waals surface area contributed by atoms with Crippen molar-refractivity contribution in [1.82, 2.24) is 0 Å². The number of carbonyl (C=O) groups is 1. The zero-order valence-electron chi connectivity index (χ0n) is 10.2. The van der Waals surface area contributed by atoms with Crippen molar-refractivity contribution in [3.8, 4) is 0 Å². The van der Waals surface area contributed by atoms with Crippen molar-refractivity contribution in [1.29, 1.82) is 0 Å². The highest BCUT2D eigenvalue weighted by molar-refractivity contribution is 5.95. The molecule has 94 valence electrons. The number of benzene rings is 1. The minimum atomic E-state index is -0.504. The van der Waals surface area contributed by atoms with E-state index >= 15 is 0 Å². The molecule has 5 nitrogen and oxygen atoms in total. The van der Waals surface area contributed by atoms with Crippen LogP contribution in [0.1, 0.15) is 30.6 Å². The van der Waals surface area contributed by atoms with E-state index in [0.717, 1.165) is 6.42 Å². The number of hydrogen-bond acceptors (Lipinski definition) is 4. The molecule has 17 heavy (non-hydrogen) atoms. The first-order valence-corrected chi connectivity index (χ1v) is 5.50. The number of carbonyl (C=O) groups excluding carboxylic acids is 1. The first-order chi connectivity index (χ1) is 7.91. The summed E-state index contributed by atoms with van der Waals surface area (Å²) in [6.07, 6.45) is 0.726. The lowest BCUT2D eigenvalue weighted by Crippen LogP contribution is -2.38. The average molecular weight is 237 g/mol. The Hall–Kier alpha value is -1.75. The fourth-order valence-corrected chi connectivity index (χ4v) is 1.38. The van der Waals surface area contributed by atoms with E-state index in [1.807, 2.05) is 13.8 Å². The molecule has 0 fully saturated rings. The Labute approximate surface area is 101 Å². The van der Waals surface area contributed by atoms with Gasteiger partial charge in [0.2, 0.25) is 5.91 Å². The van der Waals surface area contributed by atoms with Crippen LogP contribution in [0.2, 0.25) is 0 Å². The number of nitrogens with one attached hydrogen (secondary N) is 1. The summed E-state index contributed by atoms with van der Waals surface area (Å²) < 4.78 is 0. The van der Waals surface area contributed by atoms with Crippen LogP contribution in [-0.2, 0) is 0 Å². The number of hydrogen-bond donors (Lipinski definition) is 4. The first-order valence-electron chi connectivity index (χ1n) is 5.50. The maximum atomic E-state index is 11.1. The average Bonchev–Trinajstić information content (AvgIpc) is 2.31. The smallest absolute Gasteiger partial charge is 0.248 e. The third kappa shape index (κ3) is 3.10. The Bertz CT molecular complexity index is 414. The lowest BCUT2D eigenvalue weighted by molar-refractivity contribution is 0.100. The molecule has 0 spiro atoms. The van der Waals surface area contributed by atoms with Crippen LogP contribution in [0.25, 0.3) is 0 Å². The highest BCUT2D eigenvalue weighted by Gasteiger charge is 2.21. The van der Waals surface area contributed by atoms with Crippen LogP contribution in [0.15, 0.2) is 18.2 Å². The molecule has 1 amide bonds. The van der Waals surface area contributed by atoms with E-state index in [-0.39, 0.29) is 6.61 Å². The van der Waals surface area contributed by atoms with E-state index in [9.17, 15) is 9.90 Å². The molecule has 0 heterocycles. The summed E-state index contributed by atoms with van der Waals surface area (Å²) in [7, 11) is 0. The maximum Gasteiger partial charge on any atom is 0.248 e. The fourth-order valence-electron chi connectivity index (χ4n) is 1.38. The predicted molar refractivity (Wildman–Crippen MR) is 68.8 cm³/mol. The molecular formula is C12H19N3O2. The van der Waals surface area contributed by atoms with Crippen LogP contribution in [0.5, 0.6) is 0 Å². The molecule has 1 aromatic carbocycles. The van der Waals surface area contributed by atoms with Gasteiger partial charge in [-0.1, -0.05) is 6.92 Å². The van der Waals surface area contributed by atoms with Gasteiger partial charge in [-0.15, -0.1) is 0 Å². The summed E-state index contributed by atoms with van der Waals surface area (Å²) in [4.78, 5) is 11.1. The van der Waals surface area contributed by atoms with Gasteiger partial charge in [-0.3, -0.25) is 4.79 Å². The van der Waals surface area contributed by atoms with E-state index in [1.54, 1.807) is 18.2 Å². The second-order valence-corrected chi connectivity index (χ2v) is 4.36. The van der Waals surface area contributed by atoms with Crippen LogP contribution >= 0.6 is 0 Å². The molecule has 0 aliphatic rings.